The Hall–Kier alpha value is -1.70. The molecular formula is C22H28O2. The molecular weight excluding hydrogens is 296 g/mol. The van der Waals surface area contributed by atoms with Gasteiger partial charge in [0.25, 0.3) is 0 Å². The van der Waals surface area contributed by atoms with Gasteiger partial charge in [-0.3, -0.25) is 0 Å². The molecule has 0 unspecified atom stereocenters. The van der Waals surface area contributed by atoms with Gasteiger partial charge in [0.1, 0.15) is 0 Å². The zero-order chi connectivity index (χ0) is 17.5. The van der Waals surface area contributed by atoms with E-state index >= 15 is 0 Å². The van der Waals surface area contributed by atoms with Crippen molar-refractivity contribution in [2.45, 2.75) is 72.0 Å². The van der Waals surface area contributed by atoms with Gasteiger partial charge >= 0.3 is 0 Å². The van der Waals surface area contributed by atoms with Gasteiger partial charge in [0.05, 0.1) is 0 Å². The third-order valence-corrected chi connectivity index (χ3v) is 5.80. The van der Waals surface area contributed by atoms with Crippen LogP contribution in [0.15, 0.2) is 23.8 Å². The number of rotatable bonds is 1. The first-order valence-corrected chi connectivity index (χ1v) is 9.05. The summed E-state index contributed by atoms with van der Waals surface area (Å²) in [5, 5.41) is 0. The minimum atomic E-state index is -0.603. The van der Waals surface area contributed by atoms with Crippen molar-refractivity contribution in [1.29, 1.82) is 0 Å². The van der Waals surface area contributed by atoms with E-state index in [0.717, 1.165) is 17.9 Å². The number of allylic oxidation sites excluding steroid dienone is 3. The lowest BCUT2D eigenvalue weighted by molar-refractivity contribution is -0.0440. The second kappa shape index (κ2) is 4.47. The molecule has 1 aliphatic heterocycles. The smallest absolute Gasteiger partial charge is 0.246 e. The van der Waals surface area contributed by atoms with Crippen LogP contribution in [-0.4, -0.2) is 5.79 Å². The highest BCUT2D eigenvalue weighted by atomic mass is 16.7. The first-order chi connectivity index (χ1) is 11.1. The number of fused-ring (bicyclic) bond motifs is 5. The van der Waals surface area contributed by atoms with Crippen molar-refractivity contribution in [3.63, 3.8) is 0 Å². The van der Waals surface area contributed by atoms with Crippen LogP contribution < -0.4 is 9.47 Å². The van der Waals surface area contributed by atoms with Crippen LogP contribution >= 0.6 is 0 Å². The van der Waals surface area contributed by atoms with Gasteiger partial charge in [-0.1, -0.05) is 45.9 Å². The second-order valence-electron chi connectivity index (χ2n) is 9.10. The van der Waals surface area contributed by atoms with Crippen LogP contribution in [0.4, 0.5) is 0 Å². The fourth-order valence-electron chi connectivity index (χ4n) is 4.69. The van der Waals surface area contributed by atoms with Crippen molar-refractivity contribution < 1.29 is 9.47 Å². The maximum absolute atomic E-state index is 6.32. The summed E-state index contributed by atoms with van der Waals surface area (Å²) in [7, 11) is 0. The number of benzene rings is 1. The molecule has 0 bridgehead atoms. The minimum Gasteiger partial charge on any atom is -0.449 e. The van der Waals surface area contributed by atoms with E-state index in [9.17, 15) is 0 Å². The molecule has 0 saturated carbocycles. The highest BCUT2D eigenvalue weighted by molar-refractivity contribution is 5.79. The Bertz CT molecular complexity index is 793. The average Bonchev–Trinajstić information content (AvgIpc) is 2.91. The molecule has 128 valence electrons. The quantitative estimate of drug-likeness (QED) is 0.594. The zero-order valence-electron chi connectivity index (χ0n) is 15.9. The van der Waals surface area contributed by atoms with Crippen LogP contribution in [0, 0.1) is 5.41 Å². The molecule has 0 N–H and O–H groups in total. The normalized spacial score (nSPS) is 27.9. The lowest BCUT2D eigenvalue weighted by Gasteiger charge is -2.40. The first kappa shape index (κ1) is 15.8. The maximum atomic E-state index is 6.32. The molecule has 1 heterocycles. The summed E-state index contributed by atoms with van der Waals surface area (Å²) in [5.41, 5.74) is 5.39. The molecule has 0 radical (unpaired) electrons. The lowest BCUT2D eigenvalue weighted by atomic mass is 9.63. The molecule has 2 nitrogen and oxygen atoms in total. The molecule has 3 aliphatic rings. The highest BCUT2D eigenvalue weighted by Gasteiger charge is 2.49. The summed E-state index contributed by atoms with van der Waals surface area (Å²) in [5.74, 6) is 1.70. The van der Waals surface area contributed by atoms with Crippen LogP contribution in [-0.2, 0) is 5.41 Å². The third-order valence-electron chi connectivity index (χ3n) is 5.80. The third kappa shape index (κ3) is 1.95. The van der Waals surface area contributed by atoms with E-state index in [1.165, 1.54) is 22.3 Å². The molecule has 1 aromatic carbocycles. The van der Waals surface area contributed by atoms with Crippen molar-refractivity contribution in [1.82, 2.24) is 0 Å². The van der Waals surface area contributed by atoms with Crippen LogP contribution in [0.25, 0.3) is 6.08 Å². The molecule has 4 rings (SSSR count). The topological polar surface area (TPSA) is 18.5 Å². The van der Waals surface area contributed by atoms with Gasteiger partial charge in [-0.25, -0.2) is 0 Å². The summed E-state index contributed by atoms with van der Waals surface area (Å²) in [6, 6.07) is 2.32. The Balaban J connectivity index is 2.02. The first-order valence-electron chi connectivity index (χ1n) is 9.05. The molecule has 1 atom stereocenters. The zero-order valence-corrected chi connectivity index (χ0v) is 15.9. The van der Waals surface area contributed by atoms with Gasteiger partial charge in [0, 0.05) is 30.4 Å². The van der Waals surface area contributed by atoms with Crippen LogP contribution in [0.5, 0.6) is 11.5 Å². The van der Waals surface area contributed by atoms with Crippen LogP contribution in [0.2, 0.25) is 0 Å². The van der Waals surface area contributed by atoms with Crippen molar-refractivity contribution in [2.24, 2.45) is 5.41 Å². The van der Waals surface area contributed by atoms with Crippen molar-refractivity contribution in [3.05, 3.63) is 40.5 Å². The van der Waals surface area contributed by atoms with Gasteiger partial charge in [0.2, 0.25) is 5.79 Å². The van der Waals surface area contributed by atoms with E-state index in [1.807, 2.05) is 13.8 Å². The predicted octanol–water partition coefficient (Wildman–Crippen LogP) is 5.96. The molecule has 1 aromatic rings. The van der Waals surface area contributed by atoms with Crippen LogP contribution in [0.1, 0.15) is 77.5 Å². The second-order valence-corrected chi connectivity index (χ2v) is 9.10. The van der Waals surface area contributed by atoms with E-state index in [4.69, 9.17) is 9.47 Å². The van der Waals surface area contributed by atoms with Crippen molar-refractivity contribution >= 4 is 6.08 Å². The summed E-state index contributed by atoms with van der Waals surface area (Å²) >= 11 is 0. The summed E-state index contributed by atoms with van der Waals surface area (Å²) in [6.07, 6.45) is 8.18. The fraction of sp³-hybridized carbons (Fsp3) is 0.545. The number of hydrogen-bond acceptors (Lipinski definition) is 2. The van der Waals surface area contributed by atoms with Crippen LogP contribution in [0.3, 0.4) is 0 Å². The van der Waals surface area contributed by atoms with Crippen molar-refractivity contribution in [2.75, 3.05) is 0 Å². The van der Waals surface area contributed by atoms with E-state index in [2.05, 4.69) is 58.9 Å². The fourth-order valence-corrected chi connectivity index (χ4v) is 4.69. The molecule has 0 spiro atoms. The Morgan fingerprint density at radius 2 is 1.67 bits per heavy atom. The van der Waals surface area contributed by atoms with Crippen molar-refractivity contribution in [3.8, 4) is 11.5 Å². The molecule has 0 aromatic heterocycles. The number of hydrogen-bond donors (Lipinski definition) is 0. The summed E-state index contributed by atoms with van der Waals surface area (Å²) in [4.78, 5) is 0. The van der Waals surface area contributed by atoms with Gasteiger partial charge in [-0.2, -0.15) is 0 Å². The Kier molecular flexibility index (Phi) is 2.95. The standard InChI is InChI=1S/C22H28O2/c1-13(2)15-11-14-12-16-20(3,4)9-8-10-22(16,7)17(14)19-18(15)23-21(5,6)24-19/h8,10-13H,9H2,1-7H3/t22-/m0/s1. The lowest BCUT2D eigenvalue weighted by Crippen LogP contribution is -2.33. The molecule has 0 fully saturated rings. The molecule has 2 heteroatoms. The summed E-state index contributed by atoms with van der Waals surface area (Å²) < 4.78 is 12.5. The predicted molar refractivity (Wildman–Crippen MR) is 98.7 cm³/mol. The largest absolute Gasteiger partial charge is 0.449 e. The minimum absolute atomic E-state index is 0.0968. The molecule has 24 heavy (non-hydrogen) atoms. The molecule has 0 saturated heterocycles. The SMILES string of the molecule is CC(C)c1cc2c(c3c1OC(C)(C)O3)[C@@]1(C)C=CCC(C)(C)C1=C2. The Morgan fingerprint density at radius 3 is 2.33 bits per heavy atom. The van der Waals surface area contributed by atoms with Gasteiger partial charge < -0.3 is 9.47 Å². The van der Waals surface area contributed by atoms with Gasteiger partial charge in [0.15, 0.2) is 11.5 Å². The molecule has 2 aliphatic carbocycles. The average molecular weight is 324 g/mol. The molecule has 0 amide bonds. The van der Waals surface area contributed by atoms with Gasteiger partial charge in [-0.15, -0.1) is 0 Å². The monoisotopic (exact) mass is 324 g/mol. The Morgan fingerprint density at radius 1 is 1.00 bits per heavy atom. The van der Waals surface area contributed by atoms with Gasteiger partial charge in [-0.05, 0) is 41.9 Å². The van der Waals surface area contributed by atoms with E-state index in [0.29, 0.717) is 5.92 Å². The van der Waals surface area contributed by atoms with E-state index in [-0.39, 0.29) is 10.8 Å². The maximum Gasteiger partial charge on any atom is 0.246 e. The highest BCUT2D eigenvalue weighted by Crippen LogP contribution is 2.61. The Labute approximate surface area is 145 Å². The van der Waals surface area contributed by atoms with E-state index < -0.39 is 5.79 Å². The number of ether oxygens (including phenoxy) is 2. The van der Waals surface area contributed by atoms with E-state index in [1.54, 1.807) is 0 Å². The summed E-state index contributed by atoms with van der Waals surface area (Å²) in [6.45, 7) is 15.4.